The predicted molar refractivity (Wildman–Crippen MR) is 78.9 cm³/mol. The van der Waals surface area contributed by atoms with E-state index in [2.05, 4.69) is 9.73 Å². The van der Waals surface area contributed by atoms with Crippen molar-refractivity contribution in [3.8, 4) is 0 Å². The van der Waals surface area contributed by atoms with Crippen LogP contribution in [0.2, 0.25) is 0 Å². The second kappa shape index (κ2) is 6.17. The van der Waals surface area contributed by atoms with Crippen LogP contribution in [0.25, 0.3) is 0 Å². The number of urea groups is 1. The molecule has 0 unspecified atom stereocenters. The van der Waals surface area contributed by atoms with Gasteiger partial charge in [-0.15, -0.1) is 0 Å². The van der Waals surface area contributed by atoms with Crippen molar-refractivity contribution >= 4 is 27.4 Å². The topological polar surface area (TPSA) is 114 Å². The van der Waals surface area contributed by atoms with Crippen molar-refractivity contribution < 1.29 is 30.8 Å². The average molecular weight is 363 g/mol. The van der Waals surface area contributed by atoms with Crippen molar-refractivity contribution in [3.05, 3.63) is 41.9 Å². The first-order valence-corrected chi connectivity index (χ1v) is 7.90. The van der Waals surface area contributed by atoms with E-state index in [1.165, 1.54) is 25.1 Å². The molecule has 0 spiro atoms. The lowest BCUT2D eigenvalue weighted by molar-refractivity contribution is -0.152. The second-order valence-electron chi connectivity index (χ2n) is 4.75. The highest BCUT2D eigenvalue weighted by molar-refractivity contribution is 7.89. The number of anilines is 2. The highest BCUT2D eigenvalue weighted by atomic mass is 32.2. The smallest absolute Gasteiger partial charge is 0.451 e. The minimum absolute atomic E-state index is 0.0335. The summed E-state index contributed by atoms with van der Waals surface area (Å²) >= 11 is 0. The highest BCUT2D eigenvalue weighted by Gasteiger charge is 2.38. The van der Waals surface area contributed by atoms with Gasteiger partial charge in [0.1, 0.15) is 5.76 Å². The van der Waals surface area contributed by atoms with Crippen molar-refractivity contribution in [1.29, 1.82) is 0 Å². The Morgan fingerprint density at radius 3 is 2.46 bits per heavy atom. The van der Waals surface area contributed by atoms with Gasteiger partial charge in [-0.05, 0) is 25.1 Å². The van der Waals surface area contributed by atoms with Gasteiger partial charge in [0.25, 0.3) is 0 Å². The Labute approximate surface area is 134 Å². The Morgan fingerprint density at radius 2 is 1.88 bits per heavy atom. The molecule has 0 bridgehead atoms. The first kappa shape index (κ1) is 17.8. The summed E-state index contributed by atoms with van der Waals surface area (Å²) in [6, 6.07) is 4.95. The van der Waals surface area contributed by atoms with Gasteiger partial charge in [-0.3, -0.25) is 0 Å². The van der Waals surface area contributed by atoms with Crippen LogP contribution in [0.15, 0.2) is 39.6 Å². The fourth-order valence-electron chi connectivity index (χ4n) is 1.85. The maximum atomic E-state index is 12.8. The number of amides is 2. The van der Waals surface area contributed by atoms with E-state index in [-0.39, 0.29) is 16.3 Å². The molecule has 2 aromatic rings. The molecule has 4 N–H and O–H groups in total. The summed E-state index contributed by atoms with van der Waals surface area (Å²) in [5.74, 6) is -1.37. The molecule has 0 aliphatic rings. The summed E-state index contributed by atoms with van der Waals surface area (Å²) in [6.45, 7) is 1.30. The van der Waals surface area contributed by atoms with E-state index in [4.69, 9.17) is 5.14 Å². The third kappa shape index (κ3) is 4.26. The first-order chi connectivity index (χ1) is 11.0. The van der Waals surface area contributed by atoms with E-state index in [1.54, 1.807) is 0 Å². The molecule has 1 aromatic carbocycles. The largest absolute Gasteiger partial charge is 0.455 e. The summed E-state index contributed by atoms with van der Waals surface area (Å²) < 4.78 is 65.3. The van der Waals surface area contributed by atoms with E-state index in [0.29, 0.717) is 0 Å². The van der Waals surface area contributed by atoms with Gasteiger partial charge in [0.15, 0.2) is 0 Å². The van der Waals surface area contributed by atoms with Gasteiger partial charge in [0.05, 0.1) is 10.6 Å². The Balaban J connectivity index is 2.18. The van der Waals surface area contributed by atoms with E-state index in [0.717, 1.165) is 12.1 Å². The highest BCUT2D eigenvalue weighted by Crippen LogP contribution is 2.37. The Bertz CT molecular complexity index is 875. The number of benzene rings is 1. The molecule has 1 heterocycles. The minimum atomic E-state index is -4.77. The fraction of sp³-hybridized carbons (Fsp3) is 0.154. The van der Waals surface area contributed by atoms with Crippen LogP contribution in [0.1, 0.15) is 11.5 Å². The molecule has 130 valence electrons. The molecule has 1 aromatic heterocycles. The predicted octanol–water partition coefficient (Wildman–Crippen LogP) is 2.90. The van der Waals surface area contributed by atoms with Crippen LogP contribution in [0.4, 0.5) is 29.3 Å². The van der Waals surface area contributed by atoms with Crippen molar-refractivity contribution in [3.63, 3.8) is 0 Å². The van der Waals surface area contributed by atoms with Gasteiger partial charge in [0, 0.05) is 11.8 Å². The third-order valence-corrected chi connectivity index (χ3v) is 3.69. The number of hydrogen-bond acceptors (Lipinski definition) is 4. The van der Waals surface area contributed by atoms with E-state index in [9.17, 15) is 26.4 Å². The first-order valence-electron chi connectivity index (χ1n) is 6.35. The monoisotopic (exact) mass is 363 g/mol. The quantitative estimate of drug-likeness (QED) is 0.778. The molecular weight excluding hydrogens is 351 g/mol. The molecule has 11 heteroatoms. The van der Waals surface area contributed by atoms with E-state index in [1.807, 2.05) is 5.32 Å². The van der Waals surface area contributed by atoms with Crippen LogP contribution in [-0.4, -0.2) is 14.4 Å². The van der Waals surface area contributed by atoms with Gasteiger partial charge < -0.3 is 15.1 Å². The van der Waals surface area contributed by atoms with Crippen molar-refractivity contribution in [2.45, 2.75) is 18.0 Å². The maximum Gasteiger partial charge on any atom is 0.451 e. The molecule has 0 fully saturated rings. The number of nitrogens with one attached hydrogen (secondary N) is 2. The summed E-state index contributed by atoms with van der Waals surface area (Å²) in [5.41, 5.74) is -0.520. The Kier molecular flexibility index (Phi) is 4.58. The average Bonchev–Trinajstić information content (AvgIpc) is 2.78. The molecule has 0 radical (unpaired) electrons. The molecule has 0 saturated carbocycles. The van der Waals surface area contributed by atoms with Gasteiger partial charge in [-0.1, -0.05) is 6.07 Å². The van der Waals surface area contributed by atoms with Crippen LogP contribution >= 0.6 is 0 Å². The number of carbonyl (C=O) groups excluding carboxylic acids is 1. The number of hydrogen-bond donors (Lipinski definition) is 3. The molecular formula is C13H12F3N3O4S. The van der Waals surface area contributed by atoms with Crippen molar-refractivity contribution in [2.75, 3.05) is 10.6 Å². The SMILES string of the molecule is Cc1cc(NC(=O)Nc2cccc(S(N)(=O)=O)c2)c(C(F)(F)F)o1. The van der Waals surface area contributed by atoms with Crippen molar-refractivity contribution in [1.82, 2.24) is 0 Å². The van der Waals surface area contributed by atoms with Gasteiger partial charge in [-0.2, -0.15) is 13.2 Å². The third-order valence-electron chi connectivity index (χ3n) is 2.78. The molecule has 2 amide bonds. The lowest BCUT2D eigenvalue weighted by Crippen LogP contribution is -2.21. The normalized spacial score (nSPS) is 12.0. The number of carbonyl (C=O) groups is 1. The summed E-state index contributed by atoms with van der Waals surface area (Å²) in [6.07, 6.45) is -4.77. The van der Waals surface area contributed by atoms with Gasteiger partial charge in [0.2, 0.25) is 15.8 Å². The molecule has 7 nitrogen and oxygen atoms in total. The lowest BCUT2D eigenvalue weighted by atomic mass is 10.3. The Hall–Kier alpha value is -2.53. The molecule has 0 saturated heterocycles. The lowest BCUT2D eigenvalue weighted by Gasteiger charge is -2.09. The zero-order valence-corrected chi connectivity index (χ0v) is 13.0. The van der Waals surface area contributed by atoms with Crippen LogP contribution in [0, 0.1) is 6.92 Å². The van der Waals surface area contributed by atoms with Crippen LogP contribution in [0.3, 0.4) is 0 Å². The van der Waals surface area contributed by atoms with Gasteiger partial charge >= 0.3 is 12.2 Å². The molecule has 24 heavy (non-hydrogen) atoms. The summed E-state index contributed by atoms with van der Waals surface area (Å²) in [5, 5.41) is 9.17. The number of primary sulfonamides is 1. The van der Waals surface area contributed by atoms with Crippen LogP contribution in [-0.2, 0) is 16.2 Å². The summed E-state index contributed by atoms with van der Waals surface area (Å²) in [4.78, 5) is 11.6. The fourth-order valence-corrected chi connectivity index (χ4v) is 2.41. The zero-order valence-electron chi connectivity index (χ0n) is 12.1. The standard InChI is InChI=1S/C13H12F3N3O4S/c1-7-5-10(11(23-7)13(14,15)16)19-12(20)18-8-3-2-4-9(6-8)24(17,21)22/h2-6H,1H3,(H2,17,21,22)(H2,18,19,20). The Morgan fingerprint density at radius 1 is 1.21 bits per heavy atom. The number of nitrogens with two attached hydrogens (primary N) is 1. The number of rotatable bonds is 3. The van der Waals surface area contributed by atoms with Crippen LogP contribution < -0.4 is 15.8 Å². The molecule has 0 aliphatic heterocycles. The molecule has 0 atom stereocenters. The maximum absolute atomic E-state index is 12.8. The number of aryl methyl sites for hydroxylation is 1. The summed E-state index contributed by atoms with van der Waals surface area (Å²) in [7, 11) is -3.98. The zero-order chi connectivity index (χ0) is 18.1. The van der Waals surface area contributed by atoms with E-state index >= 15 is 0 Å². The number of halogens is 3. The number of alkyl halides is 3. The van der Waals surface area contributed by atoms with E-state index < -0.39 is 33.7 Å². The van der Waals surface area contributed by atoms with Crippen LogP contribution in [0.5, 0.6) is 0 Å². The number of furan rings is 1. The van der Waals surface area contributed by atoms with Gasteiger partial charge in [-0.25, -0.2) is 18.4 Å². The molecule has 2 rings (SSSR count). The van der Waals surface area contributed by atoms with Crippen molar-refractivity contribution in [2.24, 2.45) is 5.14 Å². The minimum Gasteiger partial charge on any atom is -0.455 e. The number of sulfonamides is 1. The molecule has 0 aliphatic carbocycles. The second-order valence-corrected chi connectivity index (χ2v) is 6.31.